The summed E-state index contributed by atoms with van der Waals surface area (Å²) < 4.78 is 26.3. The number of phenolic OH excluding ortho intramolecular Hbond substituents is 1. The Bertz CT molecular complexity index is 682. The first-order valence-corrected chi connectivity index (χ1v) is 7.25. The highest BCUT2D eigenvalue weighted by Gasteiger charge is 2.16. The van der Waals surface area contributed by atoms with Gasteiger partial charge in [-0.15, -0.1) is 0 Å². The molecular formula is C11H8Cl2N2O3S. The Balaban J connectivity index is 2.37. The van der Waals surface area contributed by atoms with Gasteiger partial charge in [-0.25, -0.2) is 8.42 Å². The number of nitrogens with one attached hydrogen (secondary N) is 1. The minimum atomic E-state index is -3.77. The fraction of sp³-hybridized carbons (Fsp3) is 0. The number of phenols is 1. The van der Waals surface area contributed by atoms with E-state index >= 15 is 0 Å². The number of benzene rings is 1. The molecule has 0 aliphatic rings. The molecule has 0 amide bonds. The van der Waals surface area contributed by atoms with Gasteiger partial charge in [-0.2, -0.15) is 0 Å². The van der Waals surface area contributed by atoms with Gasteiger partial charge < -0.3 is 5.11 Å². The van der Waals surface area contributed by atoms with Gasteiger partial charge in [-0.3, -0.25) is 9.71 Å². The van der Waals surface area contributed by atoms with Crippen LogP contribution in [0.2, 0.25) is 10.0 Å². The van der Waals surface area contributed by atoms with Crippen LogP contribution in [0.4, 0.5) is 5.69 Å². The Kier molecular flexibility index (Phi) is 3.84. The third-order valence-electron chi connectivity index (χ3n) is 2.21. The van der Waals surface area contributed by atoms with Crippen LogP contribution in [0.25, 0.3) is 0 Å². The van der Waals surface area contributed by atoms with Gasteiger partial charge in [-0.05, 0) is 24.3 Å². The number of sulfonamides is 1. The highest BCUT2D eigenvalue weighted by molar-refractivity contribution is 7.92. The summed E-state index contributed by atoms with van der Waals surface area (Å²) in [7, 11) is -3.77. The normalized spacial score (nSPS) is 11.3. The molecule has 0 saturated carbocycles. The van der Waals surface area contributed by atoms with Gasteiger partial charge in [0.15, 0.2) is 5.75 Å². The van der Waals surface area contributed by atoms with E-state index in [-0.39, 0.29) is 26.4 Å². The summed E-state index contributed by atoms with van der Waals surface area (Å²) in [4.78, 5) is 3.74. The number of nitrogens with zero attached hydrogens (tertiary/aromatic N) is 1. The number of hydrogen-bond acceptors (Lipinski definition) is 4. The average molecular weight is 319 g/mol. The molecule has 0 unspecified atom stereocenters. The van der Waals surface area contributed by atoms with Gasteiger partial charge in [0.05, 0.1) is 15.7 Å². The second-order valence-electron chi connectivity index (χ2n) is 3.58. The van der Waals surface area contributed by atoms with Crippen LogP contribution in [0, 0.1) is 0 Å². The molecule has 2 rings (SSSR count). The van der Waals surface area contributed by atoms with Gasteiger partial charge in [0.2, 0.25) is 0 Å². The first-order chi connectivity index (χ1) is 8.90. The lowest BCUT2D eigenvalue weighted by atomic mass is 10.3. The summed E-state index contributed by atoms with van der Waals surface area (Å²) in [6.07, 6.45) is 2.68. The summed E-state index contributed by atoms with van der Waals surface area (Å²) in [6, 6.07) is 5.43. The van der Waals surface area contributed by atoms with Crippen molar-refractivity contribution < 1.29 is 13.5 Å². The Hall–Kier alpha value is -1.50. The number of aromatic nitrogens is 1. The molecule has 2 N–H and O–H groups in total. The van der Waals surface area contributed by atoms with Gasteiger partial charge in [-0.1, -0.05) is 23.2 Å². The van der Waals surface area contributed by atoms with Crippen LogP contribution >= 0.6 is 23.2 Å². The molecule has 2 aromatic rings. The molecule has 0 fully saturated rings. The molecule has 0 aliphatic heterocycles. The number of hydrogen-bond donors (Lipinski definition) is 2. The minimum absolute atomic E-state index is 0.00956. The lowest BCUT2D eigenvalue weighted by molar-refractivity contribution is 0.476. The van der Waals surface area contributed by atoms with Crippen molar-refractivity contribution in [3.8, 4) is 5.75 Å². The van der Waals surface area contributed by atoms with Crippen molar-refractivity contribution in [2.75, 3.05) is 4.72 Å². The Morgan fingerprint density at radius 3 is 2.37 bits per heavy atom. The first-order valence-electron chi connectivity index (χ1n) is 5.01. The molecule has 1 heterocycles. The fourth-order valence-corrected chi connectivity index (χ4v) is 2.83. The third-order valence-corrected chi connectivity index (χ3v) is 4.16. The maximum atomic E-state index is 12.0. The van der Waals surface area contributed by atoms with Crippen molar-refractivity contribution in [2.24, 2.45) is 0 Å². The summed E-state index contributed by atoms with van der Waals surface area (Å²) >= 11 is 11.4. The first kappa shape index (κ1) is 13.9. The van der Waals surface area contributed by atoms with Crippen molar-refractivity contribution >= 4 is 38.9 Å². The Labute approximate surface area is 119 Å². The predicted octanol–water partition coefficient (Wildman–Crippen LogP) is 2.89. The topological polar surface area (TPSA) is 79.3 Å². The van der Waals surface area contributed by atoms with Crippen molar-refractivity contribution in [3.63, 3.8) is 0 Å². The molecule has 0 aliphatic carbocycles. The Morgan fingerprint density at radius 2 is 1.84 bits per heavy atom. The van der Waals surface area contributed by atoms with Crippen LogP contribution in [-0.2, 0) is 10.0 Å². The van der Waals surface area contributed by atoms with Crippen LogP contribution in [0.1, 0.15) is 0 Å². The van der Waals surface area contributed by atoms with E-state index in [2.05, 4.69) is 9.71 Å². The molecular weight excluding hydrogens is 311 g/mol. The van der Waals surface area contributed by atoms with Crippen molar-refractivity contribution in [1.82, 2.24) is 4.98 Å². The number of halogens is 2. The number of anilines is 1. The summed E-state index contributed by atoms with van der Waals surface area (Å²) in [5, 5.41) is 9.30. The second-order valence-corrected chi connectivity index (χ2v) is 6.08. The summed E-state index contributed by atoms with van der Waals surface area (Å²) in [6.45, 7) is 0. The molecule has 8 heteroatoms. The summed E-state index contributed by atoms with van der Waals surface area (Å²) in [5.41, 5.74) is 0.150. The lowest BCUT2D eigenvalue weighted by Crippen LogP contribution is -2.13. The van der Waals surface area contributed by atoms with Gasteiger partial charge in [0.25, 0.3) is 10.0 Å². The van der Waals surface area contributed by atoms with Gasteiger partial charge >= 0.3 is 0 Å². The van der Waals surface area contributed by atoms with Gasteiger partial charge in [0, 0.05) is 12.4 Å². The summed E-state index contributed by atoms with van der Waals surface area (Å²) in [5.74, 6) is -0.298. The van der Waals surface area contributed by atoms with E-state index in [1.165, 1.54) is 36.7 Å². The van der Waals surface area contributed by atoms with Gasteiger partial charge in [0.1, 0.15) is 4.90 Å². The zero-order valence-electron chi connectivity index (χ0n) is 9.34. The molecule has 0 bridgehead atoms. The fourth-order valence-electron chi connectivity index (χ4n) is 1.34. The zero-order valence-corrected chi connectivity index (χ0v) is 11.7. The van der Waals surface area contributed by atoms with E-state index < -0.39 is 10.0 Å². The largest absolute Gasteiger partial charge is 0.505 e. The monoisotopic (exact) mass is 318 g/mol. The number of rotatable bonds is 3. The highest BCUT2D eigenvalue weighted by Crippen LogP contribution is 2.35. The molecule has 1 aromatic heterocycles. The van der Waals surface area contributed by atoms with Crippen LogP contribution in [0.5, 0.6) is 5.75 Å². The van der Waals surface area contributed by atoms with Crippen LogP contribution < -0.4 is 4.72 Å². The van der Waals surface area contributed by atoms with E-state index in [4.69, 9.17) is 23.2 Å². The Morgan fingerprint density at radius 1 is 1.21 bits per heavy atom. The third kappa shape index (κ3) is 3.09. The van der Waals surface area contributed by atoms with E-state index in [0.29, 0.717) is 0 Å². The minimum Gasteiger partial charge on any atom is -0.505 e. The molecule has 5 nitrogen and oxygen atoms in total. The molecule has 0 atom stereocenters. The standard InChI is InChI=1S/C11H8Cl2N2O3S/c12-9-4-7(5-10(13)11(9)16)15-19(17,18)8-2-1-3-14-6-8/h1-6,15-16H. The number of pyridine rings is 1. The maximum absolute atomic E-state index is 12.0. The molecule has 1 aromatic carbocycles. The van der Waals surface area contributed by atoms with Crippen molar-refractivity contribution in [1.29, 1.82) is 0 Å². The molecule has 100 valence electrons. The molecule has 19 heavy (non-hydrogen) atoms. The predicted molar refractivity (Wildman–Crippen MR) is 73.2 cm³/mol. The molecule has 0 saturated heterocycles. The average Bonchev–Trinajstić information content (AvgIpc) is 2.36. The molecule has 0 spiro atoms. The van der Waals surface area contributed by atoms with Crippen LogP contribution in [-0.4, -0.2) is 18.5 Å². The van der Waals surface area contributed by atoms with E-state index in [0.717, 1.165) is 0 Å². The van der Waals surface area contributed by atoms with E-state index in [1.54, 1.807) is 0 Å². The van der Waals surface area contributed by atoms with E-state index in [9.17, 15) is 13.5 Å². The van der Waals surface area contributed by atoms with Crippen molar-refractivity contribution in [3.05, 3.63) is 46.7 Å². The molecule has 0 radical (unpaired) electrons. The number of aromatic hydroxyl groups is 1. The second kappa shape index (κ2) is 5.24. The smallest absolute Gasteiger partial charge is 0.263 e. The quantitative estimate of drug-likeness (QED) is 0.853. The van der Waals surface area contributed by atoms with Crippen LogP contribution in [0.15, 0.2) is 41.6 Å². The SMILES string of the molecule is O=S(=O)(Nc1cc(Cl)c(O)c(Cl)c1)c1cccnc1. The highest BCUT2D eigenvalue weighted by atomic mass is 35.5. The zero-order chi connectivity index (χ0) is 14.0. The van der Waals surface area contributed by atoms with Crippen LogP contribution in [0.3, 0.4) is 0 Å². The maximum Gasteiger partial charge on any atom is 0.263 e. The lowest BCUT2D eigenvalue weighted by Gasteiger charge is -2.09. The van der Waals surface area contributed by atoms with E-state index in [1.807, 2.05) is 0 Å². The van der Waals surface area contributed by atoms with Crippen molar-refractivity contribution in [2.45, 2.75) is 4.90 Å².